The van der Waals surface area contributed by atoms with Crippen molar-refractivity contribution >= 4 is 17.7 Å². The number of carbonyl (C=O) groups is 1. The molecule has 19 heavy (non-hydrogen) atoms. The monoisotopic (exact) mass is 287 g/mol. The summed E-state index contributed by atoms with van der Waals surface area (Å²) in [5.41, 5.74) is 5.95. The average Bonchev–Trinajstić information content (AvgIpc) is 2.42. The zero-order valence-electron chi connectivity index (χ0n) is 12.6. The molecule has 0 aromatic rings. The van der Waals surface area contributed by atoms with Crippen molar-refractivity contribution in [2.24, 2.45) is 11.7 Å². The predicted octanol–water partition coefficient (Wildman–Crippen LogP) is 1.26. The van der Waals surface area contributed by atoms with Crippen LogP contribution in [0.2, 0.25) is 0 Å². The summed E-state index contributed by atoms with van der Waals surface area (Å²) >= 11 is 1.74. The minimum absolute atomic E-state index is 0.137. The van der Waals surface area contributed by atoms with Crippen LogP contribution in [0.4, 0.5) is 0 Å². The van der Waals surface area contributed by atoms with E-state index in [0.717, 1.165) is 50.8 Å². The normalized spacial score (nSPS) is 18.9. The quantitative estimate of drug-likeness (QED) is 0.766. The zero-order chi connectivity index (χ0) is 14.3. The van der Waals surface area contributed by atoms with Crippen molar-refractivity contribution in [2.45, 2.75) is 32.7 Å². The molecule has 0 aromatic heterocycles. The van der Waals surface area contributed by atoms with Crippen LogP contribution in [-0.4, -0.2) is 66.5 Å². The number of nitrogens with zero attached hydrogens (tertiary/aromatic N) is 2. The third-order valence-electron chi connectivity index (χ3n) is 3.66. The molecule has 1 saturated heterocycles. The second-order valence-corrected chi connectivity index (χ2v) is 6.72. The summed E-state index contributed by atoms with van der Waals surface area (Å²) in [6, 6.07) is -0.310. The molecule has 1 rings (SSSR count). The summed E-state index contributed by atoms with van der Waals surface area (Å²) in [5.74, 6) is 1.85. The van der Waals surface area contributed by atoms with Crippen LogP contribution in [-0.2, 0) is 4.79 Å². The third kappa shape index (κ3) is 6.15. The largest absolute Gasteiger partial charge is 0.339 e. The summed E-state index contributed by atoms with van der Waals surface area (Å²) in [7, 11) is 0. The number of carbonyl (C=O) groups excluding carboxylic acids is 1. The Labute approximate surface area is 122 Å². The van der Waals surface area contributed by atoms with Crippen LogP contribution in [0.5, 0.6) is 0 Å². The maximum Gasteiger partial charge on any atom is 0.239 e. The Balaban J connectivity index is 2.26. The van der Waals surface area contributed by atoms with Crippen molar-refractivity contribution in [2.75, 3.05) is 44.7 Å². The number of nitrogens with two attached hydrogens (primary N) is 1. The molecule has 1 heterocycles. The van der Waals surface area contributed by atoms with Gasteiger partial charge in [-0.15, -0.1) is 0 Å². The first-order chi connectivity index (χ1) is 9.04. The minimum Gasteiger partial charge on any atom is -0.339 e. The molecule has 5 heteroatoms. The average molecular weight is 287 g/mol. The van der Waals surface area contributed by atoms with E-state index in [9.17, 15) is 4.79 Å². The first kappa shape index (κ1) is 16.8. The Hall–Kier alpha value is -0.260. The summed E-state index contributed by atoms with van der Waals surface area (Å²) in [5, 5.41) is 0. The van der Waals surface area contributed by atoms with E-state index in [1.807, 2.05) is 11.2 Å². The molecular formula is C14H29N3OS. The van der Waals surface area contributed by atoms with Gasteiger partial charge in [0.1, 0.15) is 0 Å². The van der Waals surface area contributed by atoms with Gasteiger partial charge in [0.2, 0.25) is 5.91 Å². The van der Waals surface area contributed by atoms with Gasteiger partial charge in [-0.1, -0.05) is 13.8 Å². The maximum atomic E-state index is 12.1. The highest BCUT2D eigenvalue weighted by molar-refractivity contribution is 7.98. The lowest BCUT2D eigenvalue weighted by Gasteiger charge is -2.36. The van der Waals surface area contributed by atoms with Crippen molar-refractivity contribution in [1.29, 1.82) is 0 Å². The molecule has 1 atom stereocenters. The molecule has 0 bridgehead atoms. The van der Waals surface area contributed by atoms with Gasteiger partial charge in [0.05, 0.1) is 6.04 Å². The molecule has 1 fully saturated rings. The summed E-state index contributed by atoms with van der Waals surface area (Å²) < 4.78 is 0. The fourth-order valence-corrected chi connectivity index (χ4v) is 2.73. The Morgan fingerprint density at radius 2 is 1.84 bits per heavy atom. The zero-order valence-corrected chi connectivity index (χ0v) is 13.4. The van der Waals surface area contributed by atoms with E-state index in [0.29, 0.717) is 0 Å². The second kappa shape index (κ2) is 8.82. The lowest BCUT2D eigenvalue weighted by atomic mass is 10.1. The standard InChI is InChI=1S/C14H29N3OS/c1-12(2)4-6-16-7-9-17(10-8-16)14(18)13(15)5-11-19-3/h12-13H,4-11,15H2,1-3H3/t13-/m0/s1. The fourth-order valence-electron chi connectivity index (χ4n) is 2.24. The molecule has 4 nitrogen and oxygen atoms in total. The first-order valence-corrected chi connectivity index (χ1v) is 8.69. The molecule has 0 unspecified atom stereocenters. The number of rotatable bonds is 7. The topological polar surface area (TPSA) is 49.6 Å². The van der Waals surface area contributed by atoms with Crippen LogP contribution in [0.15, 0.2) is 0 Å². The van der Waals surface area contributed by atoms with Gasteiger partial charge in [-0.3, -0.25) is 9.69 Å². The van der Waals surface area contributed by atoms with Crippen LogP contribution in [0, 0.1) is 5.92 Å². The number of hydrogen-bond donors (Lipinski definition) is 1. The Kier molecular flexibility index (Phi) is 7.80. The second-order valence-electron chi connectivity index (χ2n) is 5.74. The van der Waals surface area contributed by atoms with E-state index in [-0.39, 0.29) is 11.9 Å². The van der Waals surface area contributed by atoms with Crippen molar-refractivity contribution in [1.82, 2.24) is 9.80 Å². The van der Waals surface area contributed by atoms with Crippen LogP contribution < -0.4 is 5.73 Å². The van der Waals surface area contributed by atoms with Gasteiger partial charge in [-0.05, 0) is 37.3 Å². The van der Waals surface area contributed by atoms with E-state index in [2.05, 4.69) is 18.7 Å². The Bertz CT molecular complexity index is 265. The van der Waals surface area contributed by atoms with Crippen LogP contribution in [0.25, 0.3) is 0 Å². The Morgan fingerprint density at radius 1 is 1.21 bits per heavy atom. The number of hydrogen-bond acceptors (Lipinski definition) is 4. The highest BCUT2D eigenvalue weighted by atomic mass is 32.2. The highest BCUT2D eigenvalue weighted by Gasteiger charge is 2.24. The molecular weight excluding hydrogens is 258 g/mol. The smallest absolute Gasteiger partial charge is 0.239 e. The van der Waals surface area contributed by atoms with Crippen molar-refractivity contribution < 1.29 is 4.79 Å². The summed E-state index contributed by atoms with van der Waals surface area (Å²) in [6.45, 7) is 9.32. The van der Waals surface area contributed by atoms with Crippen molar-refractivity contribution in [3.05, 3.63) is 0 Å². The molecule has 0 radical (unpaired) electrons. The van der Waals surface area contributed by atoms with Gasteiger partial charge in [-0.2, -0.15) is 11.8 Å². The number of amides is 1. The van der Waals surface area contributed by atoms with E-state index >= 15 is 0 Å². The molecule has 1 amide bonds. The summed E-state index contributed by atoms with van der Waals surface area (Å²) in [4.78, 5) is 16.5. The van der Waals surface area contributed by atoms with Crippen molar-refractivity contribution in [3.63, 3.8) is 0 Å². The maximum absolute atomic E-state index is 12.1. The van der Waals surface area contributed by atoms with E-state index in [1.165, 1.54) is 6.42 Å². The van der Waals surface area contributed by atoms with Gasteiger partial charge in [-0.25, -0.2) is 0 Å². The van der Waals surface area contributed by atoms with Gasteiger partial charge < -0.3 is 10.6 Å². The van der Waals surface area contributed by atoms with Crippen molar-refractivity contribution in [3.8, 4) is 0 Å². The first-order valence-electron chi connectivity index (χ1n) is 7.30. The minimum atomic E-state index is -0.310. The molecule has 0 saturated carbocycles. The van der Waals surface area contributed by atoms with Gasteiger partial charge in [0.25, 0.3) is 0 Å². The molecule has 0 spiro atoms. The van der Waals surface area contributed by atoms with E-state index in [4.69, 9.17) is 5.73 Å². The Morgan fingerprint density at radius 3 is 2.37 bits per heavy atom. The molecule has 0 aliphatic carbocycles. The van der Waals surface area contributed by atoms with Gasteiger partial charge >= 0.3 is 0 Å². The van der Waals surface area contributed by atoms with E-state index in [1.54, 1.807) is 11.8 Å². The van der Waals surface area contributed by atoms with Gasteiger partial charge in [0.15, 0.2) is 0 Å². The molecule has 1 aliphatic heterocycles. The molecule has 1 aliphatic rings. The number of thioether (sulfide) groups is 1. The molecule has 2 N–H and O–H groups in total. The van der Waals surface area contributed by atoms with E-state index < -0.39 is 0 Å². The molecule has 112 valence electrons. The van der Waals surface area contributed by atoms with Crippen LogP contribution >= 0.6 is 11.8 Å². The summed E-state index contributed by atoms with van der Waals surface area (Å²) in [6.07, 6.45) is 4.07. The molecule has 0 aromatic carbocycles. The fraction of sp³-hybridized carbons (Fsp3) is 0.929. The number of piperazine rings is 1. The lowest BCUT2D eigenvalue weighted by Crippen LogP contribution is -2.53. The third-order valence-corrected chi connectivity index (χ3v) is 4.30. The van der Waals surface area contributed by atoms with Crippen LogP contribution in [0.3, 0.4) is 0 Å². The lowest BCUT2D eigenvalue weighted by molar-refractivity contribution is -0.134. The predicted molar refractivity (Wildman–Crippen MR) is 83.4 cm³/mol. The highest BCUT2D eigenvalue weighted by Crippen LogP contribution is 2.09. The SMILES string of the molecule is CSCC[C@H](N)C(=O)N1CCN(CCC(C)C)CC1. The van der Waals surface area contributed by atoms with Gasteiger partial charge in [0, 0.05) is 26.2 Å². The van der Waals surface area contributed by atoms with Crippen LogP contribution in [0.1, 0.15) is 26.7 Å².